The van der Waals surface area contributed by atoms with Crippen molar-refractivity contribution in [2.45, 2.75) is 13.0 Å². The van der Waals surface area contributed by atoms with Gasteiger partial charge in [0.2, 0.25) is 5.95 Å². The molecule has 0 aliphatic rings. The molecule has 0 radical (unpaired) electrons. The second kappa shape index (κ2) is 7.49. The molecule has 3 N–H and O–H groups in total. The van der Waals surface area contributed by atoms with Crippen molar-refractivity contribution in [1.82, 2.24) is 24.5 Å². The van der Waals surface area contributed by atoms with Gasteiger partial charge in [0.25, 0.3) is 5.91 Å². The van der Waals surface area contributed by atoms with E-state index in [1.165, 1.54) is 12.1 Å². The van der Waals surface area contributed by atoms with Gasteiger partial charge >= 0.3 is 0 Å². The quantitative estimate of drug-likeness (QED) is 0.451. The second-order valence-corrected chi connectivity index (χ2v) is 7.82. The summed E-state index contributed by atoms with van der Waals surface area (Å²) in [4.78, 5) is 17.3. The molecule has 8 heteroatoms. The molecule has 32 heavy (non-hydrogen) atoms. The summed E-state index contributed by atoms with van der Waals surface area (Å²) in [5.74, 6) is -0.331. The molecule has 0 saturated carbocycles. The molecule has 0 bridgehead atoms. The van der Waals surface area contributed by atoms with Crippen LogP contribution in [0.25, 0.3) is 27.7 Å². The molecule has 0 aliphatic carbocycles. The Balaban J connectivity index is 1.51. The van der Waals surface area contributed by atoms with Crippen LogP contribution >= 0.6 is 0 Å². The predicted octanol–water partition coefficient (Wildman–Crippen LogP) is 4.10. The fourth-order valence-electron chi connectivity index (χ4n) is 3.96. The largest absolute Gasteiger partial charge is 0.366 e. The molecule has 7 nitrogen and oxygen atoms in total. The molecule has 160 valence electrons. The number of nitrogens with one attached hydrogen (secondary N) is 1. The lowest BCUT2D eigenvalue weighted by Crippen LogP contribution is -2.26. The smallest absolute Gasteiger partial charge is 0.253 e. The van der Waals surface area contributed by atoms with Gasteiger partial charge in [0.05, 0.1) is 11.6 Å². The Hall–Kier alpha value is -4.20. The molecule has 0 unspecified atom stereocenters. The standard InChI is InChI=1S/C24H21FN6O/c1-14(15-4-3-5-18(25)10-15)27-23(32)20-13-30(2)21-7-6-16(11-19(20)21)17-8-9-31-22(12-17)28-24(26)29-31/h3-14H,1-2H3,(H2,26,29)(H,27,32)/t14-/m0/s1. The number of hydrogen-bond donors (Lipinski definition) is 2. The van der Waals surface area contributed by atoms with E-state index in [9.17, 15) is 9.18 Å². The Morgan fingerprint density at radius 1 is 1.12 bits per heavy atom. The zero-order valence-corrected chi connectivity index (χ0v) is 17.6. The second-order valence-electron chi connectivity index (χ2n) is 7.82. The first kappa shape index (κ1) is 19.7. The predicted molar refractivity (Wildman–Crippen MR) is 122 cm³/mol. The zero-order valence-electron chi connectivity index (χ0n) is 17.6. The fraction of sp³-hybridized carbons (Fsp3) is 0.125. The molecular formula is C24H21FN6O. The SMILES string of the molecule is C[C@H](NC(=O)c1cn(C)c2ccc(-c3ccn4nc(N)nc4c3)cc12)c1cccc(F)c1. The minimum absolute atomic E-state index is 0.215. The van der Waals surface area contributed by atoms with Gasteiger partial charge in [-0.15, -0.1) is 5.10 Å². The molecule has 0 aliphatic heterocycles. The summed E-state index contributed by atoms with van der Waals surface area (Å²) < 4.78 is 17.1. The van der Waals surface area contributed by atoms with E-state index in [0.717, 1.165) is 22.0 Å². The van der Waals surface area contributed by atoms with E-state index in [0.29, 0.717) is 16.8 Å². The molecule has 5 rings (SSSR count). The molecule has 1 atom stereocenters. The average Bonchev–Trinajstić information content (AvgIpc) is 3.31. The number of nitrogens with two attached hydrogens (primary N) is 1. The zero-order chi connectivity index (χ0) is 22.4. The van der Waals surface area contributed by atoms with E-state index in [2.05, 4.69) is 15.4 Å². The fourth-order valence-corrected chi connectivity index (χ4v) is 3.96. The number of aromatic nitrogens is 4. The van der Waals surface area contributed by atoms with Crippen molar-refractivity contribution in [1.29, 1.82) is 0 Å². The first-order valence-electron chi connectivity index (χ1n) is 10.2. The number of anilines is 1. The maximum absolute atomic E-state index is 13.6. The van der Waals surface area contributed by atoms with Crippen LogP contribution in [-0.4, -0.2) is 25.1 Å². The van der Waals surface area contributed by atoms with Crippen LogP contribution in [0, 0.1) is 5.82 Å². The third-order valence-electron chi connectivity index (χ3n) is 5.62. The molecular weight excluding hydrogens is 407 g/mol. The summed E-state index contributed by atoms with van der Waals surface area (Å²) in [7, 11) is 1.90. The van der Waals surface area contributed by atoms with E-state index in [1.54, 1.807) is 22.8 Å². The van der Waals surface area contributed by atoms with Gasteiger partial charge in [-0.3, -0.25) is 4.79 Å². The third-order valence-corrected chi connectivity index (χ3v) is 5.62. The summed E-state index contributed by atoms with van der Waals surface area (Å²) in [6.45, 7) is 1.84. The lowest BCUT2D eigenvalue weighted by atomic mass is 10.0. The first-order chi connectivity index (χ1) is 15.4. The maximum Gasteiger partial charge on any atom is 0.253 e. The van der Waals surface area contributed by atoms with Gasteiger partial charge in [-0.25, -0.2) is 8.91 Å². The number of nitrogen functional groups attached to an aromatic ring is 1. The molecule has 0 fully saturated rings. The maximum atomic E-state index is 13.6. The number of amides is 1. The number of benzene rings is 2. The van der Waals surface area contributed by atoms with Crippen molar-refractivity contribution in [3.63, 3.8) is 0 Å². The summed E-state index contributed by atoms with van der Waals surface area (Å²) in [5.41, 5.74) is 10.4. The molecule has 5 aromatic rings. The summed E-state index contributed by atoms with van der Waals surface area (Å²) >= 11 is 0. The van der Waals surface area contributed by atoms with Crippen molar-refractivity contribution < 1.29 is 9.18 Å². The Morgan fingerprint density at radius 3 is 2.75 bits per heavy atom. The molecule has 0 saturated heterocycles. The van der Waals surface area contributed by atoms with Gasteiger partial charge in [-0.2, -0.15) is 4.98 Å². The van der Waals surface area contributed by atoms with Crippen LogP contribution in [0.5, 0.6) is 0 Å². The number of hydrogen-bond acceptors (Lipinski definition) is 4. The van der Waals surface area contributed by atoms with Gasteiger partial charge in [0.15, 0.2) is 5.65 Å². The minimum atomic E-state index is -0.336. The van der Waals surface area contributed by atoms with Crippen LogP contribution < -0.4 is 11.1 Å². The average molecular weight is 428 g/mol. The van der Waals surface area contributed by atoms with Crippen LogP contribution in [0.2, 0.25) is 0 Å². The molecule has 0 spiro atoms. The van der Waals surface area contributed by atoms with Crippen LogP contribution in [-0.2, 0) is 7.05 Å². The highest BCUT2D eigenvalue weighted by molar-refractivity contribution is 6.08. The van der Waals surface area contributed by atoms with E-state index in [-0.39, 0.29) is 23.7 Å². The molecule has 3 heterocycles. The van der Waals surface area contributed by atoms with Crippen molar-refractivity contribution in [2.75, 3.05) is 5.73 Å². The topological polar surface area (TPSA) is 90.2 Å². The number of fused-ring (bicyclic) bond motifs is 2. The Labute approximate surface area is 183 Å². The first-order valence-corrected chi connectivity index (χ1v) is 10.2. The monoisotopic (exact) mass is 428 g/mol. The number of aryl methyl sites for hydroxylation is 1. The number of halogens is 1. The van der Waals surface area contributed by atoms with Gasteiger partial charge in [-0.1, -0.05) is 18.2 Å². The minimum Gasteiger partial charge on any atom is -0.366 e. The normalized spacial score (nSPS) is 12.3. The van der Waals surface area contributed by atoms with Gasteiger partial charge in [-0.05, 0) is 60.0 Å². The van der Waals surface area contributed by atoms with E-state index in [4.69, 9.17) is 5.73 Å². The molecule has 2 aromatic carbocycles. The van der Waals surface area contributed by atoms with Crippen molar-refractivity contribution in [3.8, 4) is 11.1 Å². The van der Waals surface area contributed by atoms with Crippen LogP contribution in [0.15, 0.2) is 67.0 Å². The van der Waals surface area contributed by atoms with Gasteiger partial charge < -0.3 is 15.6 Å². The van der Waals surface area contributed by atoms with Crippen LogP contribution in [0.3, 0.4) is 0 Å². The summed E-state index contributed by atoms with van der Waals surface area (Å²) in [5, 5.41) is 7.91. The summed E-state index contributed by atoms with van der Waals surface area (Å²) in [6, 6.07) is 15.7. The Morgan fingerprint density at radius 2 is 1.94 bits per heavy atom. The Bertz CT molecular complexity index is 1480. The van der Waals surface area contributed by atoms with E-state index >= 15 is 0 Å². The number of rotatable bonds is 4. The number of carbonyl (C=O) groups excluding carboxylic acids is 1. The number of carbonyl (C=O) groups is 1. The third kappa shape index (κ3) is 3.45. The number of pyridine rings is 1. The van der Waals surface area contributed by atoms with Crippen molar-refractivity contribution >= 4 is 28.4 Å². The van der Waals surface area contributed by atoms with Gasteiger partial charge in [0, 0.05) is 30.3 Å². The van der Waals surface area contributed by atoms with Gasteiger partial charge in [0.1, 0.15) is 5.82 Å². The lowest BCUT2D eigenvalue weighted by Gasteiger charge is -2.14. The van der Waals surface area contributed by atoms with E-state index in [1.807, 2.05) is 55.1 Å². The van der Waals surface area contributed by atoms with Crippen LogP contribution in [0.4, 0.5) is 10.3 Å². The summed E-state index contributed by atoms with van der Waals surface area (Å²) in [6.07, 6.45) is 3.61. The van der Waals surface area contributed by atoms with E-state index < -0.39 is 0 Å². The van der Waals surface area contributed by atoms with Crippen molar-refractivity contribution in [2.24, 2.45) is 7.05 Å². The highest BCUT2D eigenvalue weighted by Gasteiger charge is 2.18. The number of nitrogens with zero attached hydrogens (tertiary/aromatic N) is 4. The Kier molecular flexibility index (Phi) is 4.62. The molecule has 3 aromatic heterocycles. The highest BCUT2D eigenvalue weighted by Crippen LogP contribution is 2.29. The lowest BCUT2D eigenvalue weighted by molar-refractivity contribution is 0.0941. The van der Waals surface area contributed by atoms with Crippen molar-refractivity contribution in [3.05, 3.63) is 83.9 Å². The highest BCUT2D eigenvalue weighted by atomic mass is 19.1. The molecule has 1 amide bonds. The van der Waals surface area contributed by atoms with Crippen LogP contribution in [0.1, 0.15) is 28.9 Å².